The van der Waals surface area contributed by atoms with Crippen LogP contribution in [0.15, 0.2) is 35.1 Å². The first-order valence-electron chi connectivity index (χ1n) is 7.17. The van der Waals surface area contributed by atoms with Crippen LogP contribution in [-0.2, 0) is 20.0 Å². The zero-order valence-electron chi connectivity index (χ0n) is 12.8. The molecule has 0 saturated heterocycles. The van der Waals surface area contributed by atoms with Gasteiger partial charge < -0.3 is 14.6 Å². The van der Waals surface area contributed by atoms with E-state index in [1.165, 1.54) is 5.56 Å². The van der Waals surface area contributed by atoms with Gasteiger partial charge >= 0.3 is 0 Å². The molecule has 1 aromatic carbocycles. The van der Waals surface area contributed by atoms with Gasteiger partial charge in [-0.25, -0.2) is 4.98 Å². The van der Waals surface area contributed by atoms with Crippen molar-refractivity contribution in [2.24, 2.45) is 7.05 Å². The van der Waals surface area contributed by atoms with Crippen molar-refractivity contribution < 1.29 is 4.74 Å². The molecule has 0 saturated carbocycles. The highest BCUT2D eigenvalue weighted by molar-refractivity contribution is 9.10. The molecule has 0 aliphatic heterocycles. The minimum atomic E-state index is 0.463. The molecule has 2 aromatic rings. The average Bonchev–Trinajstić information content (AvgIpc) is 2.84. The Balaban J connectivity index is 1.91. The Labute approximate surface area is 134 Å². The van der Waals surface area contributed by atoms with Crippen LogP contribution in [0.25, 0.3) is 0 Å². The predicted octanol–water partition coefficient (Wildman–Crippen LogP) is 3.30. The van der Waals surface area contributed by atoms with Gasteiger partial charge in [0.15, 0.2) is 0 Å². The Bertz CT molecular complexity index is 581. The van der Waals surface area contributed by atoms with Crippen molar-refractivity contribution in [3.63, 3.8) is 0 Å². The highest BCUT2D eigenvalue weighted by Gasteiger charge is 2.05. The summed E-state index contributed by atoms with van der Waals surface area (Å²) in [5.41, 5.74) is 1.21. The van der Waals surface area contributed by atoms with Crippen LogP contribution in [0.4, 0.5) is 0 Å². The summed E-state index contributed by atoms with van der Waals surface area (Å²) in [6.45, 7) is 5.74. The van der Waals surface area contributed by atoms with Gasteiger partial charge in [-0.05, 0) is 23.8 Å². The summed E-state index contributed by atoms with van der Waals surface area (Å²) in [5.74, 6) is 1.93. The quantitative estimate of drug-likeness (QED) is 0.831. The maximum absolute atomic E-state index is 5.83. The van der Waals surface area contributed by atoms with E-state index in [-0.39, 0.29) is 0 Å². The summed E-state index contributed by atoms with van der Waals surface area (Å²) in [7, 11) is 2.00. The minimum Gasteiger partial charge on any atom is -0.493 e. The molecular weight excluding hydrogens is 330 g/mol. The van der Waals surface area contributed by atoms with E-state index in [0.717, 1.165) is 29.0 Å². The number of nitrogens with zero attached hydrogens (tertiary/aromatic N) is 2. The molecular formula is C16H22BrN3O. The highest BCUT2D eigenvalue weighted by atomic mass is 79.9. The molecule has 1 aromatic heterocycles. The number of nitrogens with one attached hydrogen (secondary N) is 1. The van der Waals surface area contributed by atoms with Crippen LogP contribution in [0.2, 0.25) is 0 Å². The Hall–Kier alpha value is -1.33. The van der Waals surface area contributed by atoms with Crippen molar-refractivity contribution in [3.8, 4) is 5.75 Å². The Morgan fingerprint density at radius 3 is 2.86 bits per heavy atom. The molecule has 0 atom stereocenters. The number of aryl methyl sites for hydroxylation is 1. The number of hydrogen-bond donors (Lipinski definition) is 1. The van der Waals surface area contributed by atoms with Gasteiger partial charge in [-0.2, -0.15) is 0 Å². The summed E-state index contributed by atoms with van der Waals surface area (Å²) in [5, 5.41) is 3.42. The smallest absolute Gasteiger partial charge is 0.119 e. The molecule has 1 N–H and O–H groups in total. The average molecular weight is 352 g/mol. The lowest BCUT2D eigenvalue weighted by atomic mass is 10.2. The van der Waals surface area contributed by atoms with E-state index in [4.69, 9.17) is 4.74 Å². The summed E-state index contributed by atoms with van der Waals surface area (Å²) in [6, 6.07) is 6.57. The second-order valence-corrected chi connectivity index (χ2v) is 6.20. The Kier molecular flexibility index (Phi) is 5.82. The molecule has 1 heterocycles. The number of benzene rings is 1. The molecule has 0 fully saturated rings. The fourth-order valence-corrected chi connectivity index (χ4v) is 2.37. The maximum atomic E-state index is 5.83. The lowest BCUT2D eigenvalue weighted by Gasteiger charge is -2.12. The van der Waals surface area contributed by atoms with Gasteiger partial charge in [-0.15, -0.1) is 0 Å². The summed E-state index contributed by atoms with van der Waals surface area (Å²) in [4.78, 5) is 4.29. The second kappa shape index (κ2) is 7.61. The van der Waals surface area contributed by atoms with Crippen LogP contribution in [-0.4, -0.2) is 22.2 Å². The normalized spacial score (nSPS) is 11.1. The zero-order valence-corrected chi connectivity index (χ0v) is 14.4. The number of rotatable bonds is 7. The molecule has 2 rings (SSSR count). The number of ether oxygens (including phenoxy) is 1. The summed E-state index contributed by atoms with van der Waals surface area (Å²) < 4.78 is 8.96. The molecule has 0 spiro atoms. The van der Waals surface area contributed by atoms with Gasteiger partial charge in [-0.3, -0.25) is 0 Å². The van der Waals surface area contributed by atoms with Gasteiger partial charge in [-0.1, -0.05) is 29.8 Å². The van der Waals surface area contributed by atoms with E-state index in [0.29, 0.717) is 12.6 Å². The third-order valence-electron chi connectivity index (χ3n) is 3.23. The number of hydrogen-bond acceptors (Lipinski definition) is 3. The van der Waals surface area contributed by atoms with Crippen molar-refractivity contribution in [1.29, 1.82) is 0 Å². The molecule has 0 unspecified atom stereocenters. The first kappa shape index (κ1) is 16.0. The molecule has 4 nitrogen and oxygen atoms in total. The van der Waals surface area contributed by atoms with Gasteiger partial charge in [0.05, 0.1) is 6.61 Å². The van der Waals surface area contributed by atoms with Gasteiger partial charge in [0.25, 0.3) is 0 Å². The van der Waals surface area contributed by atoms with Crippen LogP contribution >= 0.6 is 15.9 Å². The molecule has 0 bridgehead atoms. The SMILES string of the molecule is CC(C)NCc1cc(OCCc2nccn2C)ccc1Br. The number of halogens is 1. The van der Waals surface area contributed by atoms with E-state index >= 15 is 0 Å². The van der Waals surface area contributed by atoms with Crippen molar-refractivity contribution in [3.05, 3.63) is 46.5 Å². The van der Waals surface area contributed by atoms with Crippen molar-refractivity contribution >= 4 is 15.9 Å². The summed E-state index contributed by atoms with van der Waals surface area (Å²) >= 11 is 3.58. The molecule has 0 amide bonds. The maximum Gasteiger partial charge on any atom is 0.119 e. The van der Waals surface area contributed by atoms with Crippen LogP contribution in [0.3, 0.4) is 0 Å². The van der Waals surface area contributed by atoms with Gasteiger partial charge in [0.1, 0.15) is 11.6 Å². The molecule has 0 radical (unpaired) electrons. The zero-order chi connectivity index (χ0) is 15.2. The molecule has 114 valence electrons. The van der Waals surface area contributed by atoms with E-state index in [9.17, 15) is 0 Å². The fraction of sp³-hybridized carbons (Fsp3) is 0.438. The van der Waals surface area contributed by atoms with E-state index in [2.05, 4.69) is 46.1 Å². The van der Waals surface area contributed by atoms with E-state index in [1.54, 1.807) is 0 Å². The van der Waals surface area contributed by atoms with Crippen LogP contribution in [0.1, 0.15) is 25.2 Å². The van der Waals surface area contributed by atoms with Gasteiger partial charge in [0.2, 0.25) is 0 Å². The third kappa shape index (κ3) is 4.86. The number of aromatic nitrogens is 2. The summed E-state index contributed by atoms with van der Waals surface area (Å²) in [6.07, 6.45) is 4.56. The lowest BCUT2D eigenvalue weighted by molar-refractivity contribution is 0.317. The third-order valence-corrected chi connectivity index (χ3v) is 4.01. The predicted molar refractivity (Wildman–Crippen MR) is 88.5 cm³/mol. The van der Waals surface area contributed by atoms with Crippen molar-refractivity contribution in [2.45, 2.75) is 32.9 Å². The fourth-order valence-electron chi connectivity index (χ4n) is 1.99. The number of imidazole rings is 1. The van der Waals surface area contributed by atoms with Gasteiger partial charge in [0, 0.05) is 42.9 Å². The Morgan fingerprint density at radius 1 is 1.38 bits per heavy atom. The first-order chi connectivity index (χ1) is 10.1. The van der Waals surface area contributed by atoms with Crippen molar-refractivity contribution in [1.82, 2.24) is 14.9 Å². The standard InChI is InChI=1S/C16H22BrN3O/c1-12(2)19-11-13-10-14(4-5-15(13)17)21-9-6-16-18-7-8-20(16)3/h4-5,7-8,10,12,19H,6,9,11H2,1-3H3. The molecule has 5 heteroatoms. The topological polar surface area (TPSA) is 39.1 Å². The Morgan fingerprint density at radius 2 is 2.19 bits per heavy atom. The highest BCUT2D eigenvalue weighted by Crippen LogP contribution is 2.22. The second-order valence-electron chi connectivity index (χ2n) is 5.34. The molecule has 0 aliphatic rings. The monoisotopic (exact) mass is 351 g/mol. The van der Waals surface area contributed by atoms with E-state index < -0.39 is 0 Å². The largest absolute Gasteiger partial charge is 0.493 e. The van der Waals surface area contributed by atoms with Crippen molar-refractivity contribution in [2.75, 3.05) is 6.61 Å². The van der Waals surface area contributed by atoms with Crippen LogP contribution in [0, 0.1) is 0 Å². The molecule has 0 aliphatic carbocycles. The van der Waals surface area contributed by atoms with E-state index in [1.807, 2.05) is 36.1 Å². The van der Waals surface area contributed by atoms with Crippen LogP contribution < -0.4 is 10.1 Å². The minimum absolute atomic E-state index is 0.463. The lowest BCUT2D eigenvalue weighted by Crippen LogP contribution is -2.22. The van der Waals surface area contributed by atoms with Crippen LogP contribution in [0.5, 0.6) is 5.75 Å². The molecule has 21 heavy (non-hydrogen) atoms. The first-order valence-corrected chi connectivity index (χ1v) is 7.96.